The van der Waals surface area contributed by atoms with Crippen LogP contribution in [-0.4, -0.2) is 7.28 Å². The van der Waals surface area contributed by atoms with Crippen molar-refractivity contribution in [1.82, 2.24) is 0 Å². The Bertz CT molecular complexity index is 3270. The number of hydrogen-bond donors (Lipinski definition) is 1. The van der Waals surface area contributed by atoms with Crippen LogP contribution in [-0.2, 0) is 5.41 Å². The summed E-state index contributed by atoms with van der Waals surface area (Å²) in [7, 11) is 2.35. The molecule has 1 radical (unpaired) electrons. The molecule has 9 aromatic rings. The SMILES string of the molecule is Cc1cc(-c2ccccc2)ccc1N1c2cc3c(cc2[B]c2c(-c4ccc5ccccc5c4Nc4ccc(C(C)(C)C)cc4)cc(-c4c(C)cccc4C)cc21)Oc1ccccc1O3. The molecule has 11 rings (SSSR count). The van der Waals surface area contributed by atoms with E-state index in [9.17, 15) is 0 Å². The van der Waals surface area contributed by atoms with Crippen LogP contribution < -0.4 is 30.6 Å². The summed E-state index contributed by atoms with van der Waals surface area (Å²) in [6.07, 6.45) is 0. The fourth-order valence-corrected chi connectivity index (χ4v) is 9.59. The highest BCUT2D eigenvalue weighted by Crippen LogP contribution is 2.50. The molecule has 0 bridgehead atoms. The Kier molecular flexibility index (Phi) is 9.47. The smallest absolute Gasteiger partial charge is 0.198 e. The Labute approximate surface area is 377 Å². The summed E-state index contributed by atoms with van der Waals surface area (Å²) >= 11 is 0. The minimum absolute atomic E-state index is 0.0500. The first-order chi connectivity index (χ1) is 31.1. The van der Waals surface area contributed by atoms with Crippen molar-refractivity contribution < 1.29 is 9.47 Å². The lowest BCUT2D eigenvalue weighted by atomic mass is 9.57. The molecule has 0 unspecified atom stereocenters. The molecule has 0 saturated carbocycles. The molecular weight excluding hydrogens is 779 g/mol. The van der Waals surface area contributed by atoms with Crippen LogP contribution in [0.2, 0.25) is 0 Å². The molecule has 2 aliphatic rings. The normalized spacial score (nSPS) is 12.6. The molecule has 0 aliphatic carbocycles. The summed E-state index contributed by atoms with van der Waals surface area (Å²) in [5.74, 6) is 2.78. The van der Waals surface area contributed by atoms with Crippen LogP contribution in [0, 0.1) is 20.8 Å². The van der Waals surface area contributed by atoms with Crippen molar-refractivity contribution in [3.8, 4) is 56.4 Å². The quantitative estimate of drug-likeness (QED) is 0.169. The lowest BCUT2D eigenvalue weighted by Crippen LogP contribution is -2.41. The third-order valence-electron chi connectivity index (χ3n) is 12.9. The number of nitrogens with zero attached hydrogens (tertiary/aromatic N) is 1. The van der Waals surface area contributed by atoms with E-state index in [2.05, 4.69) is 211 Å². The van der Waals surface area contributed by atoms with Gasteiger partial charge in [0.25, 0.3) is 0 Å². The van der Waals surface area contributed by atoms with Gasteiger partial charge >= 0.3 is 0 Å². The molecule has 5 heteroatoms. The van der Waals surface area contributed by atoms with E-state index >= 15 is 0 Å². The Morgan fingerprint density at radius 3 is 1.89 bits per heavy atom. The topological polar surface area (TPSA) is 33.7 Å². The summed E-state index contributed by atoms with van der Waals surface area (Å²) in [4.78, 5) is 2.44. The first kappa shape index (κ1) is 39.4. The maximum absolute atomic E-state index is 6.61. The van der Waals surface area contributed by atoms with Crippen LogP contribution in [0.4, 0.5) is 28.4 Å². The number of fused-ring (bicyclic) bond motifs is 5. The van der Waals surface area contributed by atoms with E-state index in [0.717, 1.165) is 67.0 Å². The number of rotatable bonds is 6. The van der Waals surface area contributed by atoms with Crippen molar-refractivity contribution in [2.45, 2.75) is 47.0 Å². The first-order valence-electron chi connectivity index (χ1n) is 22.2. The van der Waals surface area contributed by atoms with E-state index < -0.39 is 0 Å². The van der Waals surface area contributed by atoms with Crippen LogP contribution in [0.15, 0.2) is 176 Å². The molecule has 1 N–H and O–H groups in total. The maximum Gasteiger partial charge on any atom is 0.198 e. The van der Waals surface area contributed by atoms with Gasteiger partial charge in [0.1, 0.15) is 0 Å². The van der Waals surface area contributed by atoms with Crippen LogP contribution in [0.25, 0.3) is 44.2 Å². The number of para-hydroxylation sites is 2. The molecule has 9 aromatic carbocycles. The number of anilines is 5. The second kappa shape index (κ2) is 15.4. The number of hydrogen-bond acceptors (Lipinski definition) is 4. The largest absolute Gasteiger partial charge is 0.450 e. The zero-order valence-corrected chi connectivity index (χ0v) is 37.1. The van der Waals surface area contributed by atoms with Crippen molar-refractivity contribution in [2.75, 3.05) is 10.2 Å². The van der Waals surface area contributed by atoms with Gasteiger partial charge in [0.2, 0.25) is 0 Å². The molecule has 309 valence electrons. The Morgan fingerprint density at radius 2 is 1.17 bits per heavy atom. The van der Waals surface area contributed by atoms with Gasteiger partial charge in [-0.15, -0.1) is 0 Å². The van der Waals surface area contributed by atoms with Gasteiger partial charge in [-0.05, 0) is 142 Å². The molecular formula is C59H48BN2O2. The predicted molar refractivity (Wildman–Crippen MR) is 269 cm³/mol. The third kappa shape index (κ3) is 6.89. The van der Waals surface area contributed by atoms with Crippen LogP contribution >= 0.6 is 0 Å². The van der Waals surface area contributed by atoms with Crippen molar-refractivity contribution in [3.05, 3.63) is 198 Å². The Balaban J connectivity index is 1.18. The van der Waals surface area contributed by atoms with Crippen molar-refractivity contribution in [3.63, 3.8) is 0 Å². The summed E-state index contributed by atoms with van der Waals surface area (Å²) in [6.45, 7) is 13.4. The van der Waals surface area contributed by atoms with Crippen LogP contribution in [0.3, 0.4) is 0 Å². The minimum atomic E-state index is 0.0500. The van der Waals surface area contributed by atoms with E-state index in [1.807, 2.05) is 24.3 Å². The van der Waals surface area contributed by atoms with E-state index in [4.69, 9.17) is 9.47 Å². The zero-order chi connectivity index (χ0) is 43.7. The highest BCUT2D eigenvalue weighted by Gasteiger charge is 2.33. The molecule has 64 heavy (non-hydrogen) atoms. The van der Waals surface area contributed by atoms with Crippen molar-refractivity contribution in [2.24, 2.45) is 0 Å². The second-order valence-electron chi connectivity index (χ2n) is 18.2. The zero-order valence-electron chi connectivity index (χ0n) is 37.1. The van der Waals surface area contributed by atoms with E-state index in [-0.39, 0.29) is 5.41 Å². The second-order valence-corrected chi connectivity index (χ2v) is 18.2. The Hall–Kier alpha value is -7.50. The van der Waals surface area contributed by atoms with Crippen LogP contribution in [0.5, 0.6) is 23.0 Å². The third-order valence-corrected chi connectivity index (χ3v) is 12.9. The van der Waals surface area contributed by atoms with Gasteiger partial charge in [0, 0.05) is 39.8 Å². The number of nitrogens with one attached hydrogen (secondary N) is 1. The molecule has 0 saturated heterocycles. The average Bonchev–Trinajstić information content (AvgIpc) is 3.30. The molecule has 0 fully saturated rings. The fourth-order valence-electron chi connectivity index (χ4n) is 9.59. The maximum atomic E-state index is 6.61. The molecule has 0 atom stereocenters. The molecule has 0 amide bonds. The fraction of sp³-hybridized carbons (Fsp3) is 0.119. The van der Waals surface area contributed by atoms with Crippen molar-refractivity contribution in [1.29, 1.82) is 0 Å². The van der Waals surface area contributed by atoms with Crippen molar-refractivity contribution >= 4 is 57.4 Å². The first-order valence-corrected chi connectivity index (χ1v) is 22.2. The van der Waals surface area contributed by atoms with Gasteiger partial charge in [-0.3, -0.25) is 0 Å². The summed E-state index contributed by atoms with van der Waals surface area (Å²) in [5, 5.41) is 6.29. The lowest BCUT2D eigenvalue weighted by molar-refractivity contribution is 0.360. The average molecular weight is 828 g/mol. The highest BCUT2D eigenvalue weighted by molar-refractivity contribution is 6.73. The predicted octanol–water partition coefficient (Wildman–Crippen LogP) is 15.1. The monoisotopic (exact) mass is 827 g/mol. The van der Waals surface area contributed by atoms with Gasteiger partial charge in [-0.25, -0.2) is 0 Å². The van der Waals surface area contributed by atoms with Crippen LogP contribution in [0.1, 0.15) is 43.0 Å². The number of benzene rings is 9. The molecule has 2 heterocycles. The van der Waals surface area contributed by atoms with Gasteiger partial charge < -0.3 is 19.7 Å². The number of ether oxygens (including phenoxy) is 2. The van der Waals surface area contributed by atoms with Gasteiger partial charge in [0.15, 0.2) is 30.3 Å². The van der Waals surface area contributed by atoms with E-state index in [1.165, 1.54) is 38.8 Å². The highest BCUT2D eigenvalue weighted by atomic mass is 16.6. The molecule has 0 spiro atoms. The Morgan fingerprint density at radius 1 is 0.484 bits per heavy atom. The molecule has 4 nitrogen and oxygen atoms in total. The molecule has 2 aliphatic heterocycles. The standard InChI is InChI=1S/C59H48BN2O2/c1-36-15-14-16-37(2)56(36)42-32-47(46-29-23-40-19-10-11-20-45(40)58(46)61-44-27-25-43(26-28-44)59(4,5)6)57-51(33-42)62(49-30-24-41(31-38(49)3)39-17-8-7-9-18-39)50-35-55-54(34-48(50)60-57)63-52-21-12-13-22-53(52)64-55/h7-35,61H,1-6H3. The van der Waals surface area contributed by atoms with Gasteiger partial charge in [0.05, 0.1) is 5.69 Å². The lowest BCUT2D eigenvalue weighted by Gasteiger charge is -2.37. The minimum Gasteiger partial charge on any atom is -0.450 e. The number of aryl methyl sites for hydroxylation is 3. The van der Waals surface area contributed by atoms with Gasteiger partial charge in [-0.2, -0.15) is 0 Å². The summed E-state index contributed by atoms with van der Waals surface area (Å²) < 4.78 is 13.2. The molecule has 0 aromatic heterocycles. The summed E-state index contributed by atoms with van der Waals surface area (Å²) in [6, 6.07) is 63.2. The van der Waals surface area contributed by atoms with E-state index in [0.29, 0.717) is 23.0 Å². The summed E-state index contributed by atoms with van der Waals surface area (Å²) in [5.41, 5.74) is 19.4. The van der Waals surface area contributed by atoms with Gasteiger partial charge in [-0.1, -0.05) is 141 Å². The van der Waals surface area contributed by atoms with E-state index in [1.54, 1.807) is 0 Å².